The van der Waals surface area contributed by atoms with Crippen LogP contribution >= 0.6 is 0 Å². The highest BCUT2D eigenvalue weighted by Crippen LogP contribution is 2.18. The summed E-state index contributed by atoms with van der Waals surface area (Å²) in [5.41, 5.74) is 0. The summed E-state index contributed by atoms with van der Waals surface area (Å²) >= 11 is 0. The van der Waals surface area contributed by atoms with E-state index in [1.54, 1.807) is 0 Å². The smallest absolute Gasteiger partial charge is 0.338 e. The van der Waals surface area contributed by atoms with E-state index in [1.807, 2.05) is 0 Å². The summed E-state index contributed by atoms with van der Waals surface area (Å²) in [7, 11) is 0. The minimum atomic E-state index is -2.03. The maximum Gasteiger partial charge on any atom is 0.338 e. The summed E-state index contributed by atoms with van der Waals surface area (Å²) in [6.07, 6.45) is -7.14. The van der Waals surface area contributed by atoms with Crippen molar-refractivity contribution in [2.45, 2.75) is 24.4 Å². The molecule has 0 aromatic heterocycles. The number of carbonyl (C=O) groups is 2. The zero-order valence-corrected chi connectivity index (χ0v) is 6.32. The van der Waals surface area contributed by atoms with Gasteiger partial charge in [0.25, 0.3) is 0 Å². The van der Waals surface area contributed by atoms with Gasteiger partial charge in [-0.05, 0) is 0 Å². The summed E-state index contributed by atoms with van der Waals surface area (Å²) in [4.78, 5) is 20.8. The third-order valence-electron chi connectivity index (χ3n) is 1.72. The van der Waals surface area contributed by atoms with E-state index >= 15 is 0 Å². The van der Waals surface area contributed by atoms with Crippen LogP contribution in [0.3, 0.4) is 0 Å². The molecule has 1 rings (SSSR count). The maximum atomic E-state index is 10.6. The van der Waals surface area contributed by atoms with Gasteiger partial charge in [0, 0.05) is 0 Å². The first kappa shape index (κ1) is 9.90. The fraction of sp³-hybridized carbons (Fsp3) is 0.667. The molecule has 1 fully saturated rings. The molecule has 0 radical (unpaired) electrons. The number of aliphatic hydroxyl groups is 3. The molecular formula is C6H8O7. The Morgan fingerprint density at radius 2 is 2.00 bits per heavy atom. The van der Waals surface area contributed by atoms with Gasteiger partial charge in [-0.2, -0.15) is 0 Å². The van der Waals surface area contributed by atoms with Crippen molar-refractivity contribution in [1.82, 2.24) is 0 Å². The van der Waals surface area contributed by atoms with E-state index < -0.39 is 36.4 Å². The van der Waals surface area contributed by atoms with Crippen LogP contribution in [-0.4, -0.2) is 56.8 Å². The molecule has 7 heteroatoms. The van der Waals surface area contributed by atoms with Crippen LogP contribution in [-0.2, 0) is 14.3 Å². The van der Waals surface area contributed by atoms with Crippen LogP contribution < -0.4 is 0 Å². The van der Waals surface area contributed by atoms with Crippen molar-refractivity contribution in [3.63, 3.8) is 0 Å². The lowest BCUT2D eigenvalue weighted by Gasteiger charge is -2.15. The van der Waals surface area contributed by atoms with E-state index in [-0.39, 0.29) is 0 Å². The Hall–Kier alpha value is -1.18. The second-order valence-corrected chi connectivity index (χ2v) is 2.62. The van der Waals surface area contributed by atoms with E-state index in [4.69, 9.17) is 20.4 Å². The van der Waals surface area contributed by atoms with E-state index in [1.165, 1.54) is 0 Å². The van der Waals surface area contributed by atoms with E-state index in [9.17, 15) is 9.59 Å². The lowest BCUT2D eigenvalue weighted by Crippen LogP contribution is -2.42. The monoisotopic (exact) mass is 192 g/mol. The molecule has 4 N–H and O–H groups in total. The van der Waals surface area contributed by atoms with Gasteiger partial charge in [0.1, 0.15) is 6.10 Å². The number of hydrogen-bond donors (Lipinski definition) is 4. The van der Waals surface area contributed by atoms with Gasteiger partial charge in [-0.25, -0.2) is 9.59 Å². The first-order valence-electron chi connectivity index (χ1n) is 3.42. The number of esters is 1. The SMILES string of the molecule is O=C(O)C(O)[C@H]1OC(=O)[C@@H](O)[C@@H]1O. The molecule has 74 valence electrons. The second kappa shape index (κ2) is 3.29. The maximum absolute atomic E-state index is 10.6. The summed E-state index contributed by atoms with van der Waals surface area (Å²) in [6.45, 7) is 0. The molecule has 0 amide bonds. The number of carbonyl (C=O) groups excluding carboxylic acids is 1. The van der Waals surface area contributed by atoms with Gasteiger partial charge < -0.3 is 25.2 Å². The molecule has 0 aromatic carbocycles. The highest BCUT2D eigenvalue weighted by atomic mass is 16.6. The highest BCUT2D eigenvalue weighted by molar-refractivity contribution is 5.80. The Morgan fingerprint density at radius 1 is 1.46 bits per heavy atom. The molecule has 0 saturated carbocycles. The van der Waals surface area contributed by atoms with Crippen LogP contribution in [0.15, 0.2) is 0 Å². The van der Waals surface area contributed by atoms with Gasteiger partial charge in [-0.3, -0.25) is 0 Å². The fourth-order valence-electron chi connectivity index (χ4n) is 0.984. The third kappa shape index (κ3) is 1.62. The Bertz CT molecular complexity index is 237. The zero-order valence-electron chi connectivity index (χ0n) is 6.32. The van der Waals surface area contributed by atoms with Crippen molar-refractivity contribution in [1.29, 1.82) is 0 Å². The molecule has 7 nitrogen and oxygen atoms in total. The van der Waals surface area contributed by atoms with Gasteiger partial charge in [-0.15, -0.1) is 0 Å². The second-order valence-electron chi connectivity index (χ2n) is 2.62. The molecule has 4 atom stereocenters. The molecule has 0 spiro atoms. The summed E-state index contributed by atoms with van der Waals surface area (Å²) < 4.78 is 4.24. The van der Waals surface area contributed by atoms with Crippen molar-refractivity contribution in [2.24, 2.45) is 0 Å². The van der Waals surface area contributed by atoms with Gasteiger partial charge in [0.05, 0.1) is 0 Å². The predicted molar refractivity (Wildman–Crippen MR) is 35.5 cm³/mol. The largest absolute Gasteiger partial charge is 0.479 e. The normalized spacial score (nSPS) is 35.6. The topological polar surface area (TPSA) is 124 Å². The number of cyclic esters (lactones) is 1. The van der Waals surface area contributed by atoms with Gasteiger partial charge in [0.15, 0.2) is 18.3 Å². The van der Waals surface area contributed by atoms with Crippen molar-refractivity contribution in [3.05, 3.63) is 0 Å². The molecule has 1 aliphatic heterocycles. The summed E-state index contributed by atoms with van der Waals surface area (Å²) in [6, 6.07) is 0. The van der Waals surface area contributed by atoms with Crippen LogP contribution in [0.25, 0.3) is 0 Å². The number of hydrogen-bond acceptors (Lipinski definition) is 6. The minimum absolute atomic E-state index is 1.14. The van der Waals surface area contributed by atoms with Crippen LogP contribution in [0.1, 0.15) is 0 Å². The number of carboxylic acids is 1. The molecule has 13 heavy (non-hydrogen) atoms. The van der Waals surface area contributed by atoms with Crippen molar-refractivity contribution >= 4 is 11.9 Å². The number of aliphatic carboxylic acids is 1. The van der Waals surface area contributed by atoms with E-state index in [0.29, 0.717) is 0 Å². The van der Waals surface area contributed by atoms with E-state index in [0.717, 1.165) is 0 Å². The number of ether oxygens (including phenoxy) is 1. The number of carboxylic acid groups (broad SMARTS) is 1. The molecular weight excluding hydrogens is 184 g/mol. The standard InChI is InChI=1S/C6H8O7/c7-1-2(8)6(12)13-4(1)3(9)5(10)11/h1-4,7-9H,(H,10,11)/t1-,2-,3?,4-/m0/s1. The van der Waals surface area contributed by atoms with Crippen LogP contribution in [0.4, 0.5) is 0 Å². The summed E-state index contributed by atoms with van der Waals surface area (Å²) in [5.74, 6) is -2.77. The van der Waals surface area contributed by atoms with Gasteiger partial charge in [0.2, 0.25) is 0 Å². The average Bonchev–Trinajstić information content (AvgIpc) is 2.31. The Kier molecular flexibility index (Phi) is 2.50. The van der Waals surface area contributed by atoms with E-state index in [2.05, 4.69) is 4.74 Å². The lowest BCUT2D eigenvalue weighted by molar-refractivity contribution is -0.161. The fourth-order valence-corrected chi connectivity index (χ4v) is 0.984. The first-order valence-corrected chi connectivity index (χ1v) is 3.42. The third-order valence-corrected chi connectivity index (χ3v) is 1.72. The first-order chi connectivity index (χ1) is 5.95. The van der Waals surface area contributed by atoms with Crippen molar-refractivity contribution in [3.8, 4) is 0 Å². The molecule has 0 aliphatic carbocycles. The average molecular weight is 192 g/mol. The Labute approximate surface area is 72.2 Å². The quantitative estimate of drug-likeness (QED) is 0.345. The Balaban J connectivity index is 2.73. The predicted octanol–water partition coefficient (Wildman–Crippen LogP) is -2.92. The highest BCUT2D eigenvalue weighted by Gasteiger charge is 2.48. The summed E-state index contributed by atoms with van der Waals surface area (Å²) in [5, 5.41) is 35.0. The molecule has 1 heterocycles. The number of aliphatic hydroxyl groups excluding tert-OH is 3. The van der Waals surface area contributed by atoms with Crippen LogP contribution in [0.5, 0.6) is 0 Å². The molecule has 0 bridgehead atoms. The zero-order chi connectivity index (χ0) is 10.2. The molecule has 1 saturated heterocycles. The number of rotatable bonds is 2. The van der Waals surface area contributed by atoms with Gasteiger partial charge >= 0.3 is 11.9 Å². The van der Waals surface area contributed by atoms with Crippen molar-refractivity contribution in [2.75, 3.05) is 0 Å². The molecule has 1 unspecified atom stereocenters. The van der Waals surface area contributed by atoms with Crippen LogP contribution in [0.2, 0.25) is 0 Å². The minimum Gasteiger partial charge on any atom is -0.479 e. The van der Waals surface area contributed by atoms with Crippen molar-refractivity contribution < 1.29 is 34.8 Å². The lowest BCUT2D eigenvalue weighted by atomic mass is 10.1. The Morgan fingerprint density at radius 3 is 2.31 bits per heavy atom. The van der Waals surface area contributed by atoms with Gasteiger partial charge in [-0.1, -0.05) is 0 Å². The molecule has 1 aliphatic rings. The van der Waals surface area contributed by atoms with Crippen LogP contribution in [0, 0.1) is 0 Å². The molecule has 0 aromatic rings.